The molecule has 0 amide bonds. The van der Waals surface area contributed by atoms with E-state index in [2.05, 4.69) is 4.98 Å². The maximum atomic E-state index is 13.5. The number of rotatable bonds is 6. The van der Waals surface area contributed by atoms with Crippen LogP contribution in [0.5, 0.6) is 0 Å². The first kappa shape index (κ1) is 13.9. The molecule has 1 N–H and O–H groups in total. The summed E-state index contributed by atoms with van der Waals surface area (Å²) in [6, 6.07) is 2.26. The van der Waals surface area contributed by atoms with E-state index in [1.807, 2.05) is 0 Å². The van der Waals surface area contributed by atoms with Crippen LogP contribution in [0.2, 0.25) is 0 Å². The van der Waals surface area contributed by atoms with Gasteiger partial charge in [0.1, 0.15) is 6.54 Å². The molecule has 0 bridgehead atoms. The highest BCUT2D eigenvalue weighted by Crippen LogP contribution is 2.31. The number of carboxylic acids is 1. The lowest BCUT2D eigenvalue weighted by molar-refractivity contribution is -0.137. The largest absolute Gasteiger partial charge is 0.480 e. The molecule has 2 rings (SSSR count). The number of halogens is 1. The number of sulfonamides is 1. The fourth-order valence-electron chi connectivity index (χ4n) is 1.67. The molecule has 0 aromatic carbocycles. The van der Waals surface area contributed by atoms with Gasteiger partial charge in [-0.1, -0.05) is 0 Å². The van der Waals surface area contributed by atoms with E-state index in [1.165, 1.54) is 6.07 Å². The predicted molar refractivity (Wildman–Crippen MR) is 63.3 cm³/mol. The number of hydrogen-bond donors (Lipinski definition) is 1. The molecular formula is C11H13FN2O4S. The number of nitrogens with zero attached hydrogens (tertiary/aromatic N) is 2. The summed E-state index contributed by atoms with van der Waals surface area (Å²) in [6.07, 6.45) is 2.87. The van der Waals surface area contributed by atoms with Crippen LogP contribution in [0.15, 0.2) is 23.4 Å². The first-order valence-corrected chi connectivity index (χ1v) is 7.17. The SMILES string of the molecule is O=C(O)CN(CC1CC1)S(=O)(=O)c1ncccc1F. The summed E-state index contributed by atoms with van der Waals surface area (Å²) >= 11 is 0. The van der Waals surface area contributed by atoms with Crippen LogP contribution >= 0.6 is 0 Å². The van der Waals surface area contributed by atoms with Crippen LogP contribution in [0, 0.1) is 11.7 Å². The van der Waals surface area contributed by atoms with Gasteiger partial charge in [-0.15, -0.1) is 0 Å². The number of hydrogen-bond acceptors (Lipinski definition) is 4. The van der Waals surface area contributed by atoms with Gasteiger partial charge in [0.15, 0.2) is 5.82 Å². The van der Waals surface area contributed by atoms with Crippen molar-refractivity contribution in [3.05, 3.63) is 24.1 Å². The lowest BCUT2D eigenvalue weighted by Crippen LogP contribution is -2.38. The number of aromatic nitrogens is 1. The highest BCUT2D eigenvalue weighted by atomic mass is 32.2. The van der Waals surface area contributed by atoms with Crippen LogP contribution < -0.4 is 0 Å². The second-order valence-corrected chi connectivity index (χ2v) is 6.28. The van der Waals surface area contributed by atoms with Crippen molar-refractivity contribution in [3.63, 3.8) is 0 Å². The molecule has 1 saturated carbocycles. The van der Waals surface area contributed by atoms with Crippen LogP contribution in [-0.4, -0.2) is 41.9 Å². The van der Waals surface area contributed by atoms with Gasteiger partial charge in [0.05, 0.1) is 0 Å². The molecule has 104 valence electrons. The minimum atomic E-state index is -4.22. The molecule has 1 aliphatic rings. The van der Waals surface area contributed by atoms with Gasteiger partial charge in [-0.3, -0.25) is 4.79 Å². The first-order valence-electron chi connectivity index (χ1n) is 5.73. The quantitative estimate of drug-likeness (QED) is 0.832. The molecule has 0 radical (unpaired) electrons. The molecule has 1 fully saturated rings. The van der Waals surface area contributed by atoms with Gasteiger partial charge in [0.25, 0.3) is 10.0 Å². The number of carbonyl (C=O) groups is 1. The summed E-state index contributed by atoms with van der Waals surface area (Å²) in [7, 11) is -4.22. The second kappa shape index (κ2) is 5.22. The molecule has 8 heteroatoms. The third-order valence-corrected chi connectivity index (χ3v) is 4.53. The smallest absolute Gasteiger partial charge is 0.318 e. The standard InChI is InChI=1S/C11H13FN2O4S/c12-9-2-1-5-13-11(9)19(17,18)14(7-10(15)16)6-8-3-4-8/h1-2,5,8H,3-4,6-7H2,(H,15,16). The number of aliphatic carboxylic acids is 1. The van der Waals surface area contributed by atoms with Gasteiger partial charge in [-0.2, -0.15) is 4.31 Å². The molecule has 1 heterocycles. The van der Waals surface area contributed by atoms with Crippen LogP contribution in [0.25, 0.3) is 0 Å². The van der Waals surface area contributed by atoms with Crippen LogP contribution in [0.4, 0.5) is 4.39 Å². The van der Waals surface area contributed by atoms with Crippen LogP contribution in [-0.2, 0) is 14.8 Å². The molecule has 0 unspecified atom stereocenters. The molecule has 19 heavy (non-hydrogen) atoms. The molecule has 0 spiro atoms. The number of pyridine rings is 1. The molecule has 1 aromatic heterocycles. The van der Waals surface area contributed by atoms with Gasteiger partial charge < -0.3 is 5.11 Å². The summed E-state index contributed by atoms with van der Waals surface area (Å²) in [5.41, 5.74) is 0. The fourth-order valence-corrected chi connectivity index (χ4v) is 3.11. The summed E-state index contributed by atoms with van der Waals surface area (Å²) in [5, 5.41) is 8.05. The highest BCUT2D eigenvalue weighted by Gasteiger charge is 2.35. The molecular weight excluding hydrogens is 275 g/mol. The number of carboxylic acid groups (broad SMARTS) is 1. The average Bonchev–Trinajstić information content (AvgIpc) is 3.12. The average molecular weight is 288 g/mol. The summed E-state index contributed by atoms with van der Waals surface area (Å²) in [5.74, 6) is -2.10. The van der Waals surface area contributed by atoms with Gasteiger partial charge >= 0.3 is 5.97 Å². The molecule has 0 aliphatic heterocycles. The zero-order chi connectivity index (χ0) is 14.0. The van der Waals surface area contributed by atoms with Crippen molar-refractivity contribution in [3.8, 4) is 0 Å². The Labute approximate surface area is 109 Å². The lowest BCUT2D eigenvalue weighted by atomic mass is 10.4. The van der Waals surface area contributed by atoms with Crippen LogP contribution in [0.3, 0.4) is 0 Å². The van der Waals surface area contributed by atoms with E-state index in [0.717, 1.165) is 29.4 Å². The zero-order valence-corrected chi connectivity index (χ0v) is 10.8. The highest BCUT2D eigenvalue weighted by molar-refractivity contribution is 7.89. The Kier molecular flexibility index (Phi) is 3.81. The first-order chi connectivity index (χ1) is 8.91. The van der Waals surface area contributed by atoms with E-state index >= 15 is 0 Å². The van der Waals surface area contributed by atoms with Gasteiger partial charge in [0.2, 0.25) is 5.03 Å². The van der Waals surface area contributed by atoms with Crippen molar-refractivity contribution >= 4 is 16.0 Å². The van der Waals surface area contributed by atoms with E-state index < -0.39 is 33.4 Å². The van der Waals surface area contributed by atoms with Crippen LogP contribution in [0.1, 0.15) is 12.8 Å². The van der Waals surface area contributed by atoms with E-state index in [4.69, 9.17) is 5.11 Å². The minimum absolute atomic E-state index is 0.0879. The maximum absolute atomic E-state index is 13.5. The predicted octanol–water partition coefficient (Wildman–Crippen LogP) is 0.706. The Morgan fingerprint density at radius 3 is 2.74 bits per heavy atom. The van der Waals surface area contributed by atoms with E-state index in [-0.39, 0.29) is 12.5 Å². The molecule has 1 aromatic rings. The van der Waals surface area contributed by atoms with Gasteiger partial charge in [-0.05, 0) is 30.9 Å². The van der Waals surface area contributed by atoms with E-state index in [1.54, 1.807) is 0 Å². The Bertz CT molecular complexity index is 586. The lowest BCUT2D eigenvalue weighted by Gasteiger charge is -2.19. The Hall–Kier alpha value is -1.54. The van der Waals surface area contributed by atoms with Crippen molar-refractivity contribution in [1.29, 1.82) is 0 Å². The fraction of sp³-hybridized carbons (Fsp3) is 0.455. The molecule has 6 nitrogen and oxygen atoms in total. The summed E-state index contributed by atoms with van der Waals surface area (Å²) in [4.78, 5) is 14.3. The van der Waals surface area contributed by atoms with Gasteiger partial charge in [0, 0.05) is 12.7 Å². The molecule has 0 atom stereocenters. The third kappa shape index (κ3) is 3.27. The second-order valence-electron chi connectivity index (χ2n) is 4.43. The Morgan fingerprint density at radius 1 is 1.53 bits per heavy atom. The Morgan fingerprint density at radius 2 is 2.21 bits per heavy atom. The molecule has 0 saturated heterocycles. The summed E-state index contributed by atoms with van der Waals surface area (Å²) < 4.78 is 38.7. The minimum Gasteiger partial charge on any atom is -0.480 e. The van der Waals surface area contributed by atoms with Crippen molar-refractivity contribution < 1.29 is 22.7 Å². The van der Waals surface area contributed by atoms with Gasteiger partial charge in [-0.25, -0.2) is 17.8 Å². The monoisotopic (exact) mass is 288 g/mol. The van der Waals surface area contributed by atoms with Crippen molar-refractivity contribution in [2.75, 3.05) is 13.1 Å². The van der Waals surface area contributed by atoms with E-state index in [9.17, 15) is 17.6 Å². The molecule has 1 aliphatic carbocycles. The topological polar surface area (TPSA) is 87.6 Å². The van der Waals surface area contributed by atoms with E-state index in [0.29, 0.717) is 0 Å². The zero-order valence-electron chi connectivity index (χ0n) is 9.99. The van der Waals surface area contributed by atoms with Crippen molar-refractivity contribution in [2.24, 2.45) is 5.92 Å². The normalized spacial score (nSPS) is 15.7. The summed E-state index contributed by atoms with van der Waals surface area (Å²) in [6.45, 7) is -0.598. The van der Waals surface area contributed by atoms with Crippen molar-refractivity contribution in [1.82, 2.24) is 9.29 Å². The van der Waals surface area contributed by atoms with Crippen molar-refractivity contribution in [2.45, 2.75) is 17.9 Å². The third-order valence-electron chi connectivity index (χ3n) is 2.78. The maximum Gasteiger partial charge on any atom is 0.318 e. The Balaban J connectivity index is 2.32.